The first-order chi connectivity index (χ1) is 5.97. The van der Waals surface area contributed by atoms with Crippen LogP contribution in [0, 0.1) is 5.92 Å². The van der Waals surface area contributed by atoms with Crippen LogP contribution in [-0.2, 0) is 18.7 Å². The second kappa shape index (κ2) is 8.05. The summed E-state index contributed by atoms with van der Waals surface area (Å²) in [6, 6.07) is 0. The van der Waals surface area contributed by atoms with Crippen molar-refractivity contribution < 1.29 is 59.9 Å². The summed E-state index contributed by atoms with van der Waals surface area (Å²) in [5, 5.41) is 16.7. The average Bonchev–Trinajstić information content (AvgIpc) is 2.02. The molecule has 8 heteroatoms. The fraction of sp³-hybridized carbons (Fsp3) is 0.500. The second-order valence-electron chi connectivity index (χ2n) is 2.29. The number of halogens is 1. The molecule has 0 spiro atoms. The number of carbonyl (C=O) groups excluding carboxylic acids is 1. The van der Waals surface area contributed by atoms with E-state index in [1.165, 1.54) is 0 Å². The molecule has 2 N–H and O–H groups in total. The first kappa shape index (κ1) is 16.1. The summed E-state index contributed by atoms with van der Waals surface area (Å²) >= 11 is 4.65. The van der Waals surface area contributed by atoms with Crippen LogP contribution in [0.25, 0.3) is 0 Å². The Morgan fingerprint density at radius 3 is 2.07 bits per heavy atom. The number of carbonyl (C=O) groups is 3. The minimum absolute atomic E-state index is 0. The fourth-order valence-electron chi connectivity index (χ4n) is 0.690. The smallest absolute Gasteiger partial charge is 1.00 e. The molecule has 0 aromatic carbocycles. The monoisotopic (exact) mass is 234 g/mol. The van der Waals surface area contributed by atoms with Crippen molar-refractivity contribution in [3.05, 3.63) is 0 Å². The summed E-state index contributed by atoms with van der Waals surface area (Å²) < 4.78 is 3.69. The number of carboxylic acid groups (broad SMARTS) is 2. The molecule has 0 fully saturated rings. The van der Waals surface area contributed by atoms with Gasteiger partial charge in [0.05, 0.1) is 18.8 Å². The van der Waals surface area contributed by atoms with Crippen LogP contribution in [0.15, 0.2) is 0 Å². The zero-order valence-electron chi connectivity index (χ0n) is 8.40. The standard InChI is InChI=1S/C6H7ClO6.Na.H/c7-13-5(10)2-3(6(11)12)1-4(8)9;;/h3H,1-2H2,(H,8,9)(H,11,12);;/q;+1;-1. The number of carboxylic acids is 2. The van der Waals surface area contributed by atoms with E-state index in [9.17, 15) is 14.4 Å². The van der Waals surface area contributed by atoms with E-state index in [4.69, 9.17) is 10.2 Å². The molecule has 0 saturated heterocycles. The number of aliphatic carboxylic acids is 2. The SMILES string of the molecule is O=C(O)CC(CC(=O)OCl)C(=O)O.[H-].[Na+]. The maximum Gasteiger partial charge on any atom is 1.00 e. The molecule has 6 nitrogen and oxygen atoms in total. The van der Waals surface area contributed by atoms with Crippen LogP contribution in [0.1, 0.15) is 14.3 Å². The fourth-order valence-corrected chi connectivity index (χ4v) is 0.753. The molecule has 0 aliphatic rings. The van der Waals surface area contributed by atoms with Crippen molar-refractivity contribution in [1.82, 2.24) is 0 Å². The molecule has 0 aliphatic heterocycles. The topological polar surface area (TPSA) is 101 Å². The molecule has 1 unspecified atom stereocenters. The first-order valence-corrected chi connectivity index (χ1v) is 3.54. The Balaban J connectivity index is -0.000000720. The predicted molar refractivity (Wildman–Crippen MR) is 41.1 cm³/mol. The van der Waals surface area contributed by atoms with E-state index in [1.54, 1.807) is 0 Å². The van der Waals surface area contributed by atoms with E-state index < -0.39 is 36.7 Å². The van der Waals surface area contributed by atoms with Crippen LogP contribution in [0.5, 0.6) is 0 Å². The largest absolute Gasteiger partial charge is 1.00 e. The van der Waals surface area contributed by atoms with E-state index in [1.807, 2.05) is 0 Å². The predicted octanol–water partition coefficient (Wildman–Crippen LogP) is -2.63. The van der Waals surface area contributed by atoms with Gasteiger partial charge in [0.15, 0.2) is 0 Å². The molecule has 76 valence electrons. The molecule has 14 heavy (non-hydrogen) atoms. The Labute approximate surface area is 108 Å². The average molecular weight is 235 g/mol. The van der Waals surface area contributed by atoms with Gasteiger partial charge in [-0.15, -0.1) is 0 Å². The first-order valence-electron chi connectivity index (χ1n) is 3.23. The van der Waals surface area contributed by atoms with E-state index in [-0.39, 0.29) is 31.0 Å². The third-order valence-electron chi connectivity index (χ3n) is 1.27. The normalized spacial score (nSPS) is 10.9. The minimum Gasteiger partial charge on any atom is -1.00 e. The molecular weight excluding hydrogens is 227 g/mol. The Bertz CT molecular complexity index is 236. The molecule has 0 radical (unpaired) electrons. The van der Waals surface area contributed by atoms with E-state index >= 15 is 0 Å². The molecule has 0 amide bonds. The van der Waals surface area contributed by atoms with Crippen LogP contribution in [0.2, 0.25) is 0 Å². The molecular formula is C6H8ClNaO6. The summed E-state index contributed by atoms with van der Waals surface area (Å²) in [7, 11) is 0. The third kappa shape index (κ3) is 7.14. The van der Waals surface area contributed by atoms with Crippen molar-refractivity contribution in [3.63, 3.8) is 0 Å². The van der Waals surface area contributed by atoms with Crippen LogP contribution >= 0.6 is 11.9 Å². The van der Waals surface area contributed by atoms with Crippen molar-refractivity contribution in [2.24, 2.45) is 5.92 Å². The molecule has 0 heterocycles. The van der Waals surface area contributed by atoms with Gasteiger partial charge in [-0.05, 0) is 0 Å². The molecule has 0 aromatic rings. The van der Waals surface area contributed by atoms with E-state index in [0.717, 1.165) is 0 Å². The summed E-state index contributed by atoms with van der Waals surface area (Å²) in [5.74, 6) is -4.93. The van der Waals surface area contributed by atoms with Crippen molar-refractivity contribution in [1.29, 1.82) is 0 Å². The van der Waals surface area contributed by atoms with Gasteiger partial charge in [-0.2, -0.15) is 0 Å². The van der Waals surface area contributed by atoms with Gasteiger partial charge in [0, 0.05) is 0 Å². The number of rotatable bonds is 5. The van der Waals surface area contributed by atoms with Crippen LogP contribution < -0.4 is 29.6 Å². The van der Waals surface area contributed by atoms with Gasteiger partial charge in [0.1, 0.15) is 11.9 Å². The quantitative estimate of drug-likeness (QED) is 0.505. The number of hydrogen-bond acceptors (Lipinski definition) is 4. The Morgan fingerprint density at radius 2 is 1.79 bits per heavy atom. The summed E-state index contributed by atoms with van der Waals surface area (Å²) in [6.45, 7) is 0. The van der Waals surface area contributed by atoms with Crippen molar-refractivity contribution in [2.75, 3.05) is 0 Å². The minimum atomic E-state index is -1.37. The van der Waals surface area contributed by atoms with Crippen LogP contribution in [-0.4, -0.2) is 28.1 Å². The molecule has 0 rings (SSSR count). The summed E-state index contributed by atoms with van der Waals surface area (Å²) in [4.78, 5) is 31.0. The third-order valence-corrected chi connectivity index (χ3v) is 1.44. The number of hydrogen-bond donors (Lipinski definition) is 2. The second-order valence-corrected chi connectivity index (χ2v) is 2.44. The Morgan fingerprint density at radius 1 is 1.29 bits per heavy atom. The van der Waals surface area contributed by atoms with E-state index in [0.29, 0.717) is 0 Å². The van der Waals surface area contributed by atoms with Crippen molar-refractivity contribution >= 4 is 29.8 Å². The zero-order chi connectivity index (χ0) is 10.4. The molecule has 1 atom stereocenters. The van der Waals surface area contributed by atoms with Gasteiger partial charge in [-0.3, -0.25) is 14.4 Å². The molecule has 0 aromatic heterocycles. The van der Waals surface area contributed by atoms with Gasteiger partial charge in [0.2, 0.25) is 0 Å². The molecule has 0 aliphatic carbocycles. The van der Waals surface area contributed by atoms with E-state index in [2.05, 4.69) is 16.2 Å². The van der Waals surface area contributed by atoms with Gasteiger partial charge in [0.25, 0.3) is 0 Å². The van der Waals surface area contributed by atoms with Crippen molar-refractivity contribution in [3.8, 4) is 0 Å². The van der Waals surface area contributed by atoms with Crippen LogP contribution in [0.3, 0.4) is 0 Å². The maximum atomic E-state index is 10.5. The van der Waals surface area contributed by atoms with Gasteiger partial charge in [-0.1, -0.05) is 0 Å². The van der Waals surface area contributed by atoms with Crippen LogP contribution in [0.4, 0.5) is 0 Å². The molecule has 0 bridgehead atoms. The van der Waals surface area contributed by atoms with Gasteiger partial charge < -0.3 is 15.9 Å². The Kier molecular flexibility index (Phi) is 9.28. The Hall–Kier alpha value is -0.300. The summed E-state index contributed by atoms with van der Waals surface area (Å²) in [5.41, 5.74) is 0. The van der Waals surface area contributed by atoms with Crippen molar-refractivity contribution in [2.45, 2.75) is 12.8 Å². The maximum absolute atomic E-state index is 10.5. The zero-order valence-corrected chi connectivity index (χ0v) is 10.2. The molecule has 0 saturated carbocycles. The summed E-state index contributed by atoms with van der Waals surface area (Å²) in [6.07, 6.45) is -1.19. The van der Waals surface area contributed by atoms with Gasteiger partial charge >= 0.3 is 47.5 Å². The van der Waals surface area contributed by atoms with Gasteiger partial charge in [-0.25, -0.2) is 0 Å².